The highest BCUT2D eigenvalue weighted by Crippen LogP contribution is 2.36. The van der Waals surface area contributed by atoms with E-state index in [1.165, 1.54) is 20.3 Å². The monoisotopic (exact) mass is 321 g/mol. The van der Waals surface area contributed by atoms with Crippen LogP contribution in [0.1, 0.15) is 10.4 Å². The Kier molecular flexibility index (Phi) is 5.12. The van der Waals surface area contributed by atoms with Gasteiger partial charge < -0.3 is 19.5 Å². The van der Waals surface area contributed by atoms with Crippen molar-refractivity contribution < 1.29 is 19.0 Å². The average Bonchev–Trinajstić information content (AvgIpc) is 2.54. The largest absolute Gasteiger partial charge is 0.497 e. The van der Waals surface area contributed by atoms with Crippen molar-refractivity contribution in [3.63, 3.8) is 0 Å². The highest BCUT2D eigenvalue weighted by molar-refractivity contribution is 6.32. The summed E-state index contributed by atoms with van der Waals surface area (Å²) in [5.41, 5.74) is 0.987. The van der Waals surface area contributed by atoms with Gasteiger partial charge in [-0.15, -0.1) is 0 Å². The molecule has 0 spiro atoms. The second-order valence-electron chi connectivity index (χ2n) is 4.38. The number of anilines is 1. The summed E-state index contributed by atoms with van der Waals surface area (Å²) in [5, 5.41) is 3.08. The van der Waals surface area contributed by atoms with Crippen molar-refractivity contribution in [3.8, 4) is 17.2 Å². The summed E-state index contributed by atoms with van der Waals surface area (Å²) in [6, 6.07) is 10.2. The van der Waals surface area contributed by atoms with Crippen molar-refractivity contribution in [1.82, 2.24) is 0 Å². The lowest BCUT2D eigenvalue weighted by molar-refractivity contribution is 0.102. The average molecular weight is 322 g/mol. The maximum Gasteiger partial charge on any atom is 0.255 e. The van der Waals surface area contributed by atoms with E-state index >= 15 is 0 Å². The van der Waals surface area contributed by atoms with Gasteiger partial charge in [0.05, 0.1) is 26.4 Å². The molecule has 0 aliphatic heterocycles. The molecule has 0 bridgehead atoms. The van der Waals surface area contributed by atoms with Crippen LogP contribution in [0.15, 0.2) is 36.4 Å². The Labute approximate surface area is 133 Å². The number of halogens is 1. The number of nitrogens with one attached hydrogen (secondary N) is 1. The molecule has 0 saturated carbocycles. The van der Waals surface area contributed by atoms with E-state index < -0.39 is 0 Å². The van der Waals surface area contributed by atoms with Crippen LogP contribution < -0.4 is 19.5 Å². The van der Waals surface area contributed by atoms with E-state index in [0.717, 1.165) is 0 Å². The summed E-state index contributed by atoms with van der Waals surface area (Å²) >= 11 is 6.10. The Morgan fingerprint density at radius 1 is 1.05 bits per heavy atom. The predicted molar refractivity (Wildman–Crippen MR) is 85.5 cm³/mol. The predicted octanol–water partition coefficient (Wildman–Crippen LogP) is 3.62. The van der Waals surface area contributed by atoms with Crippen LogP contribution in [0, 0.1) is 0 Å². The fraction of sp³-hybridized carbons (Fsp3) is 0.188. The van der Waals surface area contributed by atoms with Crippen LogP contribution in [0.3, 0.4) is 0 Å². The highest BCUT2D eigenvalue weighted by atomic mass is 35.5. The van der Waals surface area contributed by atoms with Crippen LogP contribution in [-0.4, -0.2) is 27.2 Å². The van der Waals surface area contributed by atoms with Gasteiger partial charge >= 0.3 is 0 Å². The minimum atomic E-state index is -0.309. The van der Waals surface area contributed by atoms with Gasteiger partial charge in [0.1, 0.15) is 5.75 Å². The first-order valence-corrected chi connectivity index (χ1v) is 6.83. The van der Waals surface area contributed by atoms with Crippen molar-refractivity contribution in [1.29, 1.82) is 0 Å². The maximum atomic E-state index is 12.3. The molecule has 0 heterocycles. The minimum Gasteiger partial charge on any atom is -0.497 e. The molecule has 6 heteroatoms. The first-order valence-electron chi connectivity index (χ1n) is 6.46. The van der Waals surface area contributed by atoms with E-state index in [1.807, 2.05) is 0 Å². The third-order valence-electron chi connectivity index (χ3n) is 3.02. The summed E-state index contributed by atoms with van der Waals surface area (Å²) in [7, 11) is 4.53. The SMILES string of the molecule is COc1cccc(NC(=O)c2cc(Cl)c(OC)c(OC)c2)c1. The minimum absolute atomic E-state index is 0.303. The first kappa shape index (κ1) is 16.0. The van der Waals surface area contributed by atoms with Crippen LogP contribution >= 0.6 is 11.6 Å². The molecular formula is C16H16ClNO4. The Morgan fingerprint density at radius 3 is 2.45 bits per heavy atom. The number of benzene rings is 2. The molecule has 22 heavy (non-hydrogen) atoms. The Balaban J connectivity index is 2.27. The second-order valence-corrected chi connectivity index (χ2v) is 4.79. The van der Waals surface area contributed by atoms with E-state index in [-0.39, 0.29) is 5.91 Å². The van der Waals surface area contributed by atoms with Crippen molar-refractivity contribution in [2.75, 3.05) is 26.6 Å². The highest BCUT2D eigenvalue weighted by Gasteiger charge is 2.15. The van der Waals surface area contributed by atoms with E-state index in [9.17, 15) is 4.79 Å². The number of hydrogen-bond donors (Lipinski definition) is 1. The smallest absolute Gasteiger partial charge is 0.255 e. The van der Waals surface area contributed by atoms with Crippen LogP contribution in [0.25, 0.3) is 0 Å². The Bertz CT molecular complexity index is 688. The van der Waals surface area contributed by atoms with Gasteiger partial charge in [-0.05, 0) is 24.3 Å². The van der Waals surface area contributed by atoms with E-state index in [0.29, 0.717) is 33.5 Å². The van der Waals surface area contributed by atoms with Crippen molar-refractivity contribution in [2.24, 2.45) is 0 Å². The first-order chi connectivity index (χ1) is 10.6. The summed E-state index contributed by atoms with van der Waals surface area (Å²) in [4.78, 5) is 12.3. The fourth-order valence-corrected chi connectivity index (χ4v) is 2.24. The van der Waals surface area contributed by atoms with Crippen LogP contribution in [0.2, 0.25) is 5.02 Å². The lowest BCUT2D eigenvalue weighted by atomic mass is 10.1. The van der Waals surface area contributed by atoms with Gasteiger partial charge in [-0.2, -0.15) is 0 Å². The summed E-state index contributed by atoms with van der Waals surface area (Å²) in [6.45, 7) is 0. The van der Waals surface area contributed by atoms with Gasteiger partial charge in [0, 0.05) is 17.3 Å². The molecule has 1 N–H and O–H groups in total. The Morgan fingerprint density at radius 2 is 1.82 bits per heavy atom. The molecule has 0 aliphatic carbocycles. The van der Waals surface area contributed by atoms with Gasteiger partial charge in [-0.3, -0.25) is 4.79 Å². The molecule has 116 valence electrons. The fourth-order valence-electron chi connectivity index (χ4n) is 1.95. The Hall–Kier alpha value is -2.40. The second kappa shape index (κ2) is 7.04. The van der Waals surface area contributed by atoms with Crippen LogP contribution in [0.4, 0.5) is 5.69 Å². The number of amides is 1. The number of rotatable bonds is 5. The van der Waals surface area contributed by atoms with Crippen LogP contribution in [-0.2, 0) is 0 Å². The standard InChI is InChI=1S/C16H16ClNO4/c1-20-12-6-4-5-11(9-12)18-16(19)10-7-13(17)15(22-3)14(8-10)21-2/h4-9H,1-3H3,(H,18,19). The molecule has 0 fully saturated rings. The zero-order valence-electron chi connectivity index (χ0n) is 12.5. The molecule has 2 aromatic carbocycles. The quantitative estimate of drug-likeness (QED) is 0.914. The van der Waals surface area contributed by atoms with Gasteiger partial charge in [-0.1, -0.05) is 17.7 Å². The van der Waals surface area contributed by atoms with Gasteiger partial charge in [0.15, 0.2) is 11.5 Å². The molecule has 0 unspecified atom stereocenters. The normalized spacial score (nSPS) is 10.0. The third kappa shape index (κ3) is 3.43. The number of hydrogen-bond acceptors (Lipinski definition) is 4. The van der Waals surface area contributed by atoms with Crippen molar-refractivity contribution in [2.45, 2.75) is 0 Å². The topological polar surface area (TPSA) is 56.8 Å². The summed E-state index contributed by atoms with van der Waals surface area (Å²) < 4.78 is 15.4. The van der Waals surface area contributed by atoms with Gasteiger partial charge in [0.2, 0.25) is 0 Å². The molecule has 0 radical (unpaired) electrons. The molecule has 0 aliphatic rings. The van der Waals surface area contributed by atoms with E-state index in [2.05, 4.69) is 5.32 Å². The number of ether oxygens (including phenoxy) is 3. The van der Waals surface area contributed by atoms with Crippen molar-refractivity contribution >= 4 is 23.2 Å². The molecule has 0 saturated heterocycles. The van der Waals surface area contributed by atoms with Crippen molar-refractivity contribution in [3.05, 3.63) is 47.0 Å². The molecule has 0 atom stereocenters. The lowest BCUT2D eigenvalue weighted by Crippen LogP contribution is -2.12. The third-order valence-corrected chi connectivity index (χ3v) is 3.30. The molecule has 0 aromatic heterocycles. The maximum absolute atomic E-state index is 12.3. The lowest BCUT2D eigenvalue weighted by Gasteiger charge is -2.12. The van der Waals surface area contributed by atoms with E-state index in [4.69, 9.17) is 25.8 Å². The molecule has 2 rings (SSSR count). The van der Waals surface area contributed by atoms with Gasteiger partial charge in [0.25, 0.3) is 5.91 Å². The summed E-state index contributed by atoms with van der Waals surface area (Å²) in [6.07, 6.45) is 0. The number of carbonyl (C=O) groups excluding carboxylic acids is 1. The molecule has 5 nitrogen and oxygen atoms in total. The molecular weight excluding hydrogens is 306 g/mol. The molecule has 1 amide bonds. The molecule has 2 aromatic rings. The zero-order chi connectivity index (χ0) is 16.1. The number of methoxy groups -OCH3 is 3. The number of carbonyl (C=O) groups is 1. The van der Waals surface area contributed by atoms with E-state index in [1.54, 1.807) is 37.4 Å². The summed E-state index contributed by atoms with van der Waals surface area (Å²) in [5.74, 6) is 1.13. The van der Waals surface area contributed by atoms with Gasteiger partial charge in [-0.25, -0.2) is 0 Å². The van der Waals surface area contributed by atoms with Crippen LogP contribution in [0.5, 0.6) is 17.2 Å². The zero-order valence-corrected chi connectivity index (χ0v) is 13.2.